The fourth-order valence-electron chi connectivity index (χ4n) is 3.66. The summed E-state index contributed by atoms with van der Waals surface area (Å²) in [4.78, 5) is 11.3. The molecule has 130 valence electrons. The quantitative estimate of drug-likeness (QED) is 0.792. The minimum atomic E-state index is 0.387. The van der Waals surface area contributed by atoms with E-state index in [-0.39, 0.29) is 0 Å². The molecule has 6 heteroatoms. The van der Waals surface area contributed by atoms with Crippen molar-refractivity contribution >= 4 is 16.7 Å². The Kier molecular flexibility index (Phi) is 4.36. The van der Waals surface area contributed by atoms with Crippen LogP contribution in [-0.2, 0) is 0 Å². The van der Waals surface area contributed by atoms with Crippen LogP contribution in [0.15, 0.2) is 43.0 Å². The van der Waals surface area contributed by atoms with Crippen molar-refractivity contribution in [3.63, 3.8) is 0 Å². The molecule has 1 atom stereocenters. The Labute approximate surface area is 147 Å². The van der Waals surface area contributed by atoms with E-state index in [1.807, 2.05) is 13.2 Å². The van der Waals surface area contributed by atoms with Gasteiger partial charge in [-0.1, -0.05) is 6.07 Å². The first-order valence-corrected chi connectivity index (χ1v) is 8.91. The highest BCUT2D eigenvalue weighted by atomic mass is 15.3. The first-order chi connectivity index (χ1) is 12.2. The van der Waals surface area contributed by atoms with Crippen LogP contribution in [0.25, 0.3) is 11.0 Å². The molecular weight excluding hydrogens is 312 g/mol. The molecule has 1 aliphatic heterocycles. The Morgan fingerprint density at radius 3 is 2.60 bits per heavy atom. The van der Waals surface area contributed by atoms with Crippen LogP contribution in [-0.4, -0.2) is 44.8 Å². The number of aromatic nitrogens is 4. The highest BCUT2D eigenvalue weighted by molar-refractivity contribution is 5.74. The number of rotatable bonds is 4. The number of hydrogen-bond acceptors (Lipinski definition) is 5. The second-order valence-electron chi connectivity index (χ2n) is 6.71. The van der Waals surface area contributed by atoms with Crippen LogP contribution < -0.4 is 5.32 Å². The number of anilines is 1. The van der Waals surface area contributed by atoms with E-state index in [9.17, 15) is 0 Å². The van der Waals surface area contributed by atoms with Gasteiger partial charge in [-0.2, -0.15) is 5.10 Å². The summed E-state index contributed by atoms with van der Waals surface area (Å²) < 4.78 is 2.11. The van der Waals surface area contributed by atoms with Crippen LogP contribution in [0.3, 0.4) is 0 Å². The van der Waals surface area contributed by atoms with Gasteiger partial charge in [0.1, 0.15) is 0 Å². The van der Waals surface area contributed by atoms with Crippen molar-refractivity contribution < 1.29 is 0 Å². The molecule has 2 aromatic heterocycles. The molecule has 0 spiro atoms. The van der Waals surface area contributed by atoms with Crippen molar-refractivity contribution in [2.45, 2.75) is 31.8 Å². The van der Waals surface area contributed by atoms with E-state index in [0.717, 1.165) is 42.7 Å². The number of benzene rings is 1. The Morgan fingerprint density at radius 1 is 1.12 bits per heavy atom. The first-order valence-electron chi connectivity index (χ1n) is 8.91. The molecule has 1 unspecified atom stereocenters. The van der Waals surface area contributed by atoms with Crippen molar-refractivity contribution in [2.75, 3.05) is 25.5 Å². The van der Waals surface area contributed by atoms with Gasteiger partial charge in [-0.3, -0.25) is 19.5 Å². The fraction of sp³-hybridized carbons (Fsp3) is 0.421. The molecular formula is C19H24N6. The van der Waals surface area contributed by atoms with Crippen LogP contribution >= 0.6 is 0 Å². The molecule has 1 N–H and O–H groups in total. The molecule has 1 aliphatic rings. The lowest BCUT2D eigenvalue weighted by Crippen LogP contribution is -2.36. The third-order valence-corrected chi connectivity index (χ3v) is 5.29. The maximum absolute atomic E-state index is 4.49. The molecule has 0 amide bonds. The Morgan fingerprint density at radius 2 is 1.88 bits per heavy atom. The van der Waals surface area contributed by atoms with E-state index in [0.29, 0.717) is 12.1 Å². The zero-order valence-electron chi connectivity index (χ0n) is 14.8. The fourth-order valence-corrected chi connectivity index (χ4v) is 3.66. The molecule has 1 saturated heterocycles. The lowest BCUT2D eigenvalue weighted by molar-refractivity contribution is 0.139. The largest absolute Gasteiger partial charge is 0.386 e. The van der Waals surface area contributed by atoms with E-state index in [4.69, 9.17) is 0 Å². The number of likely N-dealkylation sites (tertiary alicyclic amines) is 1. The number of fused-ring (bicyclic) bond motifs is 1. The number of nitrogens with zero attached hydrogens (tertiary/aromatic N) is 5. The highest BCUT2D eigenvalue weighted by Crippen LogP contribution is 2.30. The summed E-state index contributed by atoms with van der Waals surface area (Å²) >= 11 is 0. The molecule has 0 saturated carbocycles. The van der Waals surface area contributed by atoms with Gasteiger partial charge in [-0.25, -0.2) is 0 Å². The van der Waals surface area contributed by atoms with Crippen LogP contribution in [0.1, 0.15) is 37.4 Å². The van der Waals surface area contributed by atoms with Crippen LogP contribution in [0.5, 0.6) is 0 Å². The summed E-state index contributed by atoms with van der Waals surface area (Å²) in [5.74, 6) is 0. The molecule has 25 heavy (non-hydrogen) atoms. The molecule has 3 heterocycles. The molecule has 1 fully saturated rings. The van der Waals surface area contributed by atoms with E-state index in [1.165, 1.54) is 5.56 Å². The molecule has 6 nitrogen and oxygen atoms in total. The van der Waals surface area contributed by atoms with Gasteiger partial charge in [-0.15, -0.1) is 0 Å². The Hall–Kier alpha value is -2.47. The summed E-state index contributed by atoms with van der Waals surface area (Å²) in [5.41, 5.74) is 4.31. The van der Waals surface area contributed by atoms with E-state index in [2.05, 4.69) is 61.3 Å². The molecule has 4 rings (SSSR count). The summed E-state index contributed by atoms with van der Waals surface area (Å²) in [7, 11) is 1.93. The third kappa shape index (κ3) is 3.22. The molecule has 0 aliphatic carbocycles. The first kappa shape index (κ1) is 16.0. The zero-order chi connectivity index (χ0) is 17.2. The van der Waals surface area contributed by atoms with Gasteiger partial charge in [0.05, 0.1) is 29.0 Å². The Bertz CT molecular complexity index is 850. The van der Waals surface area contributed by atoms with Crippen molar-refractivity contribution in [3.8, 4) is 0 Å². The SMILES string of the molecule is CNc1cnn(C2CCN(C(C)c3ccc4nccnc4c3)CC2)c1. The third-order valence-electron chi connectivity index (χ3n) is 5.29. The standard InChI is InChI=1S/C19H24N6/c1-14(15-3-4-18-19(11-15)22-8-7-21-18)24-9-5-17(6-10-24)25-13-16(20-2)12-23-25/h3-4,7-8,11-14,17,20H,5-6,9-10H2,1-2H3. The van der Waals surface area contributed by atoms with Crippen molar-refractivity contribution in [1.82, 2.24) is 24.6 Å². The van der Waals surface area contributed by atoms with E-state index in [1.54, 1.807) is 12.4 Å². The second kappa shape index (κ2) is 6.80. The smallest absolute Gasteiger partial charge is 0.0890 e. The lowest BCUT2D eigenvalue weighted by atomic mass is 10.00. The van der Waals surface area contributed by atoms with Gasteiger partial charge in [0.15, 0.2) is 0 Å². The molecule has 3 aromatic rings. The summed E-state index contributed by atoms with van der Waals surface area (Å²) in [6.45, 7) is 4.45. The molecule has 0 radical (unpaired) electrons. The van der Waals surface area contributed by atoms with Gasteiger partial charge in [0.25, 0.3) is 0 Å². The number of nitrogens with one attached hydrogen (secondary N) is 1. The average molecular weight is 336 g/mol. The predicted octanol–water partition coefficient (Wildman–Crippen LogP) is 3.27. The maximum atomic E-state index is 4.49. The predicted molar refractivity (Wildman–Crippen MR) is 99.6 cm³/mol. The highest BCUT2D eigenvalue weighted by Gasteiger charge is 2.25. The number of hydrogen-bond donors (Lipinski definition) is 1. The average Bonchev–Trinajstić information content (AvgIpc) is 3.16. The van der Waals surface area contributed by atoms with E-state index >= 15 is 0 Å². The van der Waals surface area contributed by atoms with Crippen molar-refractivity contribution in [1.29, 1.82) is 0 Å². The lowest BCUT2D eigenvalue weighted by Gasteiger charge is -2.36. The van der Waals surface area contributed by atoms with Crippen LogP contribution in [0.4, 0.5) is 5.69 Å². The minimum Gasteiger partial charge on any atom is -0.386 e. The van der Waals surface area contributed by atoms with Crippen LogP contribution in [0, 0.1) is 0 Å². The molecule has 1 aromatic carbocycles. The Balaban J connectivity index is 1.44. The molecule has 0 bridgehead atoms. The van der Waals surface area contributed by atoms with Crippen molar-refractivity contribution in [3.05, 3.63) is 48.5 Å². The van der Waals surface area contributed by atoms with Gasteiger partial charge < -0.3 is 5.32 Å². The summed E-state index contributed by atoms with van der Waals surface area (Å²) in [6, 6.07) is 7.31. The summed E-state index contributed by atoms with van der Waals surface area (Å²) in [6.07, 6.45) is 9.75. The van der Waals surface area contributed by atoms with Gasteiger partial charge in [-0.05, 0) is 37.5 Å². The van der Waals surface area contributed by atoms with Gasteiger partial charge in [0.2, 0.25) is 0 Å². The second-order valence-corrected chi connectivity index (χ2v) is 6.71. The normalized spacial score (nSPS) is 17.7. The van der Waals surface area contributed by atoms with Crippen LogP contribution in [0.2, 0.25) is 0 Å². The minimum absolute atomic E-state index is 0.387. The topological polar surface area (TPSA) is 58.9 Å². The van der Waals surface area contributed by atoms with Gasteiger partial charge >= 0.3 is 0 Å². The van der Waals surface area contributed by atoms with E-state index < -0.39 is 0 Å². The number of piperidine rings is 1. The van der Waals surface area contributed by atoms with Gasteiger partial charge in [0, 0.05) is 44.8 Å². The maximum Gasteiger partial charge on any atom is 0.0890 e. The van der Waals surface area contributed by atoms with Crippen molar-refractivity contribution in [2.24, 2.45) is 0 Å². The monoisotopic (exact) mass is 336 g/mol. The summed E-state index contributed by atoms with van der Waals surface area (Å²) in [5, 5.41) is 7.64. The zero-order valence-corrected chi connectivity index (χ0v) is 14.8.